The van der Waals surface area contributed by atoms with Crippen LogP contribution in [-0.2, 0) is 4.74 Å². The average molecular weight is 270 g/mol. The minimum absolute atomic E-state index is 0.00967. The lowest BCUT2D eigenvalue weighted by Crippen LogP contribution is -2.10. The first-order valence-electron chi connectivity index (χ1n) is 5.98. The number of aryl methyl sites for hydroxylation is 1. The highest BCUT2D eigenvalue weighted by molar-refractivity contribution is 5.48. The van der Waals surface area contributed by atoms with E-state index in [1.54, 1.807) is 14.0 Å². The maximum Gasteiger partial charge on any atom is 0.352 e. The minimum atomic E-state index is -0.531. The zero-order valence-electron chi connectivity index (χ0n) is 11.3. The molecule has 0 saturated heterocycles. The third kappa shape index (κ3) is 4.32. The van der Waals surface area contributed by atoms with Crippen LogP contribution < -0.4 is 10.1 Å². The van der Waals surface area contributed by atoms with Gasteiger partial charge in [0.15, 0.2) is 0 Å². The molecule has 0 spiro atoms. The summed E-state index contributed by atoms with van der Waals surface area (Å²) in [5.41, 5.74) is 0.0803. The van der Waals surface area contributed by atoms with E-state index in [-0.39, 0.29) is 17.3 Å². The molecule has 0 aliphatic carbocycles. The smallest absolute Gasteiger partial charge is 0.352 e. The Morgan fingerprint density at radius 1 is 1.37 bits per heavy atom. The van der Waals surface area contributed by atoms with Crippen molar-refractivity contribution in [1.29, 1.82) is 0 Å². The van der Waals surface area contributed by atoms with E-state index >= 15 is 0 Å². The highest BCUT2D eigenvalue weighted by atomic mass is 16.6. The van der Waals surface area contributed by atoms with Gasteiger partial charge in [-0.25, -0.2) is 4.98 Å². The lowest BCUT2D eigenvalue weighted by molar-refractivity contribution is -0.387. The van der Waals surface area contributed by atoms with E-state index in [0.29, 0.717) is 32.1 Å². The first-order chi connectivity index (χ1) is 9.10. The van der Waals surface area contributed by atoms with Crippen molar-refractivity contribution < 1.29 is 14.4 Å². The molecule has 0 aromatic carbocycles. The second-order valence-corrected chi connectivity index (χ2v) is 3.77. The molecule has 1 N–H and O–H groups in total. The molecule has 1 aromatic rings. The Bertz CT molecular complexity index is 439. The lowest BCUT2D eigenvalue weighted by Gasteiger charge is -2.09. The van der Waals surface area contributed by atoms with Gasteiger partial charge < -0.3 is 14.8 Å². The number of nitrogens with zero attached hydrogens (tertiary/aromatic N) is 3. The van der Waals surface area contributed by atoms with Crippen molar-refractivity contribution in [3.8, 4) is 5.88 Å². The van der Waals surface area contributed by atoms with Gasteiger partial charge in [-0.2, -0.15) is 4.98 Å². The van der Waals surface area contributed by atoms with Crippen molar-refractivity contribution in [1.82, 2.24) is 9.97 Å². The summed E-state index contributed by atoms with van der Waals surface area (Å²) in [5.74, 6) is 0.317. The van der Waals surface area contributed by atoms with E-state index in [9.17, 15) is 10.1 Å². The van der Waals surface area contributed by atoms with Gasteiger partial charge in [0.1, 0.15) is 5.69 Å². The fraction of sp³-hybridized carbons (Fsp3) is 0.636. The second-order valence-electron chi connectivity index (χ2n) is 3.77. The number of anilines is 1. The average Bonchev–Trinajstić information content (AvgIpc) is 2.34. The van der Waals surface area contributed by atoms with Crippen LogP contribution in [0.5, 0.6) is 5.88 Å². The Morgan fingerprint density at radius 3 is 2.68 bits per heavy atom. The normalized spacial score (nSPS) is 10.3. The highest BCUT2D eigenvalue weighted by Gasteiger charge is 2.23. The van der Waals surface area contributed by atoms with Crippen molar-refractivity contribution in [2.45, 2.75) is 20.3 Å². The minimum Gasteiger partial charge on any atom is -0.473 e. The molecule has 0 saturated carbocycles. The molecule has 0 fully saturated rings. The van der Waals surface area contributed by atoms with Crippen molar-refractivity contribution in [2.24, 2.45) is 0 Å². The van der Waals surface area contributed by atoms with Gasteiger partial charge in [0, 0.05) is 26.7 Å². The molecule has 1 aromatic heterocycles. The molecule has 0 aliphatic rings. The molecule has 1 heterocycles. The van der Waals surface area contributed by atoms with Crippen LogP contribution in [0.25, 0.3) is 0 Å². The van der Waals surface area contributed by atoms with Gasteiger partial charge in [-0.15, -0.1) is 0 Å². The maximum absolute atomic E-state index is 11.0. The number of aromatic nitrogens is 2. The summed E-state index contributed by atoms with van der Waals surface area (Å²) >= 11 is 0. The van der Waals surface area contributed by atoms with Gasteiger partial charge >= 0.3 is 5.69 Å². The SMILES string of the molecule is CCNc1nc(C)c([N+](=O)[O-])c(OCCCOC)n1. The van der Waals surface area contributed by atoms with Crippen LogP contribution in [0, 0.1) is 17.0 Å². The molecule has 0 atom stereocenters. The monoisotopic (exact) mass is 270 g/mol. The van der Waals surface area contributed by atoms with E-state index in [1.165, 1.54) is 0 Å². The summed E-state index contributed by atoms with van der Waals surface area (Å²) in [6, 6.07) is 0. The molecular weight excluding hydrogens is 252 g/mol. The van der Waals surface area contributed by atoms with Gasteiger partial charge in [-0.1, -0.05) is 0 Å². The highest BCUT2D eigenvalue weighted by Crippen LogP contribution is 2.28. The number of rotatable bonds is 8. The Labute approximate surface area is 111 Å². The van der Waals surface area contributed by atoms with Crippen LogP contribution in [0.1, 0.15) is 19.0 Å². The molecule has 0 aliphatic heterocycles. The van der Waals surface area contributed by atoms with Gasteiger partial charge in [-0.3, -0.25) is 10.1 Å². The van der Waals surface area contributed by atoms with E-state index in [4.69, 9.17) is 9.47 Å². The number of nitrogens with one attached hydrogen (secondary N) is 1. The Kier molecular flexibility index (Phi) is 5.94. The fourth-order valence-electron chi connectivity index (χ4n) is 1.46. The van der Waals surface area contributed by atoms with Crippen LogP contribution in [-0.4, -0.2) is 41.8 Å². The standard InChI is InChI=1S/C11H18N4O4/c1-4-12-11-13-8(2)9(15(16)17)10(14-11)19-7-5-6-18-3/h4-7H2,1-3H3,(H,12,13,14). The maximum atomic E-state index is 11.0. The summed E-state index contributed by atoms with van der Waals surface area (Å²) in [7, 11) is 1.58. The second kappa shape index (κ2) is 7.47. The molecule has 0 amide bonds. The number of ether oxygens (including phenoxy) is 2. The molecule has 0 unspecified atom stereocenters. The predicted octanol–water partition coefficient (Wildman–Crippen LogP) is 1.54. The van der Waals surface area contributed by atoms with Crippen molar-refractivity contribution >= 4 is 11.6 Å². The molecule has 0 bridgehead atoms. The first-order valence-corrected chi connectivity index (χ1v) is 5.98. The van der Waals surface area contributed by atoms with E-state index in [2.05, 4.69) is 15.3 Å². The van der Waals surface area contributed by atoms with Crippen molar-refractivity contribution in [3.05, 3.63) is 15.8 Å². The summed E-state index contributed by atoms with van der Waals surface area (Å²) in [5, 5.41) is 13.9. The number of hydrogen-bond acceptors (Lipinski definition) is 7. The first kappa shape index (κ1) is 15.1. The van der Waals surface area contributed by atoms with E-state index < -0.39 is 4.92 Å². The molecule has 8 heteroatoms. The Balaban J connectivity index is 2.92. The van der Waals surface area contributed by atoms with Crippen LogP contribution in [0.4, 0.5) is 11.6 Å². The quantitative estimate of drug-likeness (QED) is 0.434. The van der Waals surface area contributed by atoms with Crippen LogP contribution in [0.15, 0.2) is 0 Å². The van der Waals surface area contributed by atoms with E-state index in [1.807, 2.05) is 6.92 Å². The van der Waals surface area contributed by atoms with E-state index in [0.717, 1.165) is 0 Å². The van der Waals surface area contributed by atoms with Gasteiger partial charge in [0.25, 0.3) is 5.88 Å². The third-order valence-electron chi connectivity index (χ3n) is 2.28. The van der Waals surface area contributed by atoms with Crippen LogP contribution in [0.2, 0.25) is 0 Å². The van der Waals surface area contributed by atoms with Crippen molar-refractivity contribution in [3.63, 3.8) is 0 Å². The van der Waals surface area contributed by atoms with Crippen molar-refractivity contribution in [2.75, 3.05) is 32.2 Å². The molecule has 8 nitrogen and oxygen atoms in total. The Morgan fingerprint density at radius 2 is 2.11 bits per heavy atom. The van der Waals surface area contributed by atoms with Crippen LogP contribution in [0.3, 0.4) is 0 Å². The van der Waals surface area contributed by atoms with Crippen LogP contribution >= 0.6 is 0 Å². The largest absolute Gasteiger partial charge is 0.473 e. The summed E-state index contributed by atoms with van der Waals surface area (Å²) < 4.78 is 10.2. The number of nitro groups is 1. The van der Waals surface area contributed by atoms with Gasteiger partial charge in [-0.05, 0) is 13.8 Å². The molecular formula is C11H18N4O4. The van der Waals surface area contributed by atoms with Gasteiger partial charge in [0.05, 0.1) is 11.5 Å². The number of hydrogen-bond donors (Lipinski definition) is 1. The molecule has 106 valence electrons. The molecule has 1 rings (SSSR count). The topological polar surface area (TPSA) is 99.4 Å². The predicted molar refractivity (Wildman–Crippen MR) is 69.6 cm³/mol. The summed E-state index contributed by atoms with van der Waals surface area (Å²) in [6.07, 6.45) is 0.632. The number of methoxy groups -OCH3 is 1. The molecule has 19 heavy (non-hydrogen) atoms. The Hall–Kier alpha value is -1.96. The third-order valence-corrected chi connectivity index (χ3v) is 2.28. The fourth-order valence-corrected chi connectivity index (χ4v) is 1.46. The molecule has 0 radical (unpaired) electrons. The summed E-state index contributed by atoms with van der Waals surface area (Å²) in [4.78, 5) is 18.5. The summed E-state index contributed by atoms with van der Waals surface area (Å²) in [6.45, 7) is 4.90. The zero-order valence-corrected chi connectivity index (χ0v) is 11.3. The zero-order chi connectivity index (χ0) is 14.3. The lowest BCUT2D eigenvalue weighted by atomic mass is 10.3. The van der Waals surface area contributed by atoms with Gasteiger partial charge in [0.2, 0.25) is 5.95 Å².